The normalized spacial score (nSPS) is 17.3. The number of halogens is 1. The Morgan fingerprint density at radius 1 is 0.625 bits per heavy atom. The number of benzene rings is 5. The Labute approximate surface area is 193 Å². The molecule has 5 aromatic carbocycles. The smallest absolute Gasteiger partial charge is 0.0728 e. The summed E-state index contributed by atoms with van der Waals surface area (Å²) < 4.78 is 0. The fourth-order valence-electron chi connectivity index (χ4n) is 6.36. The van der Waals surface area contributed by atoms with Gasteiger partial charge < -0.3 is 0 Å². The number of hydrogen-bond acceptors (Lipinski definition) is 0. The quantitative estimate of drug-likeness (QED) is 0.246. The Hall–Kier alpha value is -3.35. The molecule has 0 N–H and O–H groups in total. The highest BCUT2D eigenvalue weighted by Crippen LogP contribution is 2.62. The van der Waals surface area contributed by atoms with Gasteiger partial charge in [0.05, 0.1) is 5.41 Å². The maximum atomic E-state index is 6.67. The van der Waals surface area contributed by atoms with Crippen LogP contribution in [-0.4, -0.2) is 0 Å². The van der Waals surface area contributed by atoms with Crippen LogP contribution in [0.2, 0.25) is 5.02 Å². The maximum Gasteiger partial charge on any atom is 0.0728 e. The third-order valence-corrected chi connectivity index (χ3v) is 7.75. The van der Waals surface area contributed by atoms with Gasteiger partial charge in [0.25, 0.3) is 0 Å². The van der Waals surface area contributed by atoms with E-state index >= 15 is 0 Å². The van der Waals surface area contributed by atoms with Crippen molar-refractivity contribution in [1.29, 1.82) is 0 Å². The molecule has 7 rings (SSSR count). The molecule has 1 atom stereocenters. The van der Waals surface area contributed by atoms with E-state index in [1.54, 1.807) is 0 Å². The first-order valence-electron chi connectivity index (χ1n) is 11.3. The molecule has 1 heteroatoms. The summed E-state index contributed by atoms with van der Waals surface area (Å²) in [7, 11) is 0. The van der Waals surface area contributed by atoms with Crippen LogP contribution in [0, 0.1) is 0 Å². The second-order valence-electron chi connectivity index (χ2n) is 8.89. The van der Waals surface area contributed by atoms with E-state index in [9.17, 15) is 0 Å². The van der Waals surface area contributed by atoms with Gasteiger partial charge in [0.15, 0.2) is 0 Å². The van der Waals surface area contributed by atoms with Crippen LogP contribution < -0.4 is 0 Å². The van der Waals surface area contributed by atoms with E-state index in [1.807, 2.05) is 6.07 Å². The molecule has 1 unspecified atom stereocenters. The van der Waals surface area contributed by atoms with E-state index in [2.05, 4.69) is 97.9 Å². The minimum Gasteiger partial charge on any atom is -0.0843 e. The highest BCUT2D eigenvalue weighted by atomic mass is 35.5. The van der Waals surface area contributed by atoms with Gasteiger partial charge >= 0.3 is 0 Å². The van der Waals surface area contributed by atoms with Crippen molar-refractivity contribution in [3.8, 4) is 22.3 Å². The predicted molar refractivity (Wildman–Crippen MR) is 135 cm³/mol. The lowest BCUT2D eigenvalue weighted by molar-refractivity contribution is 0.759. The molecule has 0 heterocycles. The summed E-state index contributed by atoms with van der Waals surface area (Å²) in [6.07, 6.45) is 0.988. The predicted octanol–water partition coefficient (Wildman–Crippen LogP) is 8.40. The number of aryl methyl sites for hydroxylation is 1. The zero-order valence-corrected chi connectivity index (χ0v) is 18.6. The first-order chi connectivity index (χ1) is 15.7. The summed E-state index contributed by atoms with van der Waals surface area (Å²) in [5, 5.41) is 3.47. The fourth-order valence-corrected chi connectivity index (χ4v) is 6.53. The van der Waals surface area contributed by atoms with Crippen LogP contribution in [0.25, 0.3) is 33.0 Å². The molecule has 0 bridgehead atoms. The van der Waals surface area contributed by atoms with E-state index in [4.69, 9.17) is 11.6 Å². The van der Waals surface area contributed by atoms with Crippen molar-refractivity contribution in [1.82, 2.24) is 0 Å². The maximum absolute atomic E-state index is 6.67. The first-order valence-corrected chi connectivity index (χ1v) is 11.7. The Morgan fingerprint density at radius 3 is 2.03 bits per heavy atom. The van der Waals surface area contributed by atoms with Crippen molar-refractivity contribution in [2.45, 2.75) is 18.8 Å². The Balaban J connectivity index is 1.82. The third-order valence-electron chi connectivity index (χ3n) is 7.52. The van der Waals surface area contributed by atoms with Crippen LogP contribution in [0.3, 0.4) is 0 Å². The SMILES string of the molecule is CCc1ccc2cccc3c2c1C1(c2ccccc2-c2ccc(Cl)cc21)c1ccccc1-3. The molecule has 0 aliphatic heterocycles. The zero-order valence-electron chi connectivity index (χ0n) is 17.8. The summed E-state index contributed by atoms with van der Waals surface area (Å²) in [5.41, 5.74) is 11.7. The summed E-state index contributed by atoms with van der Waals surface area (Å²) in [6.45, 7) is 2.27. The highest BCUT2D eigenvalue weighted by Gasteiger charge is 2.50. The molecule has 2 aliphatic carbocycles. The average molecular weight is 429 g/mol. The highest BCUT2D eigenvalue weighted by molar-refractivity contribution is 6.31. The van der Waals surface area contributed by atoms with Gasteiger partial charge in [-0.25, -0.2) is 0 Å². The van der Waals surface area contributed by atoms with Gasteiger partial charge in [-0.15, -0.1) is 0 Å². The van der Waals surface area contributed by atoms with E-state index in [0.29, 0.717) is 0 Å². The Kier molecular flexibility index (Phi) is 3.62. The molecule has 0 fully saturated rings. The van der Waals surface area contributed by atoms with Crippen molar-refractivity contribution in [3.05, 3.63) is 130 Å². The second kappa shape index (κ2) is 6.34. The number of fused-ring (bicyclic) bond motifs is 9. The molecule has 0 aromatic heterocycles. The Bertz CT molecular complexity index is 1580. The molecule has 2 aliphatic rings. The standard InChI is InChI=1S/C31H21Cl/c1-2-19-14-15-20-8-7-11-25-23-10-4-6-13-27(23)31(30(19)29(20)25)26-12-5-3-9-22(26)24-17-16-21(32)18-28(24)31/h3-18H,2H2,1H3. The van der Waals surface area contributed by atoms with Gasteiger partial charge in [-0.3, -0.25) is 0 Å². The largest absolute Gasteiger partial charge is 0.0843 e. The molecule has 0 nitrogen and oxygen atoms in total. The molecule has 1 spiro atoms. The molecule has 0 radical (unpaired) electrons. The van der Waals surface area contributed by atoms with Gasteiger partial charge in [-0.1, -0.05) is 103 Å². The minimum absolute atomic E-state index is 0.368. The van der Waals surface area contributed by atoms with Crippen molar-refractivity contribution in [3.63, 3.8) is 0 Å². The molecule has 0 saturated heterocycles. The van der Waals surface area contributed by atoms with E-state index in [-0.39, 0.29) is 5.41 Å². The lowest BCUT2D eigenvalue weighted by Gasteiger charge is -2.41. The lowest BCUT2D eigenvalue weighted by Crippen LogP contribution is -2.33. The van der Waals surface area contributed by atoms with Crippen molar-refractivity contribution < 1.29 is 0 Å². The van der Waals surface area contributed by atoms with Crippen LogP contribution in [-0.2, 0) is 11.8 Å². The van der Waals surface area contributed by atoms with Gasteiger partial charge in [0, 0.05) is 5.02 Å². The third kappa shape index (κ3) is 2.04. The van der Waals surface area contributed by atoms with Crippen LogP contribution in [0.15, 0.2) is 97.1 Å². The van der Waals surface area contributed by atoms with Gasteiger partial charge in [0.2, 0.25) is 0 Å². The van der Waals surface area contributed by atoms with Gasteiger partial charge in [-0.05, 0) is 79.4 Å². The molecular weight excluding hydrogens is 408 g/mol. The van der Waals surface area contributed by atoms with Gasteiger partial charge in [0.1, 0.15) is 0 Å². The summed E-state index contributed by atoms with van der Waals surface area (Å²) in [6, 6.07) is 35.7. The fraction of sp³-hybridized carbons (Fsp3) is 0.0968. The lowest BCUT2D eigenvalue weighted by atomic mass is 9.60. The molecule has 0 saturated carbocycles. The first kappa shape index (κ1) is 18.2. The average Bonchev–Trinajstić information content (AvgIpc) is 3.12. The van der Waals surface area contributed by atoms with Crippen LogP contribution >= 0.6 is 11.6 Å². The summed E-state index contributed by atoms with van der Waals surface area (Å²) in [4.78, 5) is 0. The molecular formula is C31H21Cl. The van der Waals surface area contributed by atoms with Crippen molar-refractivity contribution in [2.24, 2.45) is 0 Å². The summed E-state index contributed by atoms with van der Waals surface area (Å²) >= 11 is 6.67. The topological polar surface area (TPSA) is 0 Å². The monoisotopic (exact) mass is 428 g/mol. The molecule has 152 valence electrons. The molecule has 0 amide bonds. The second-order valence-corrected chi connectivity index (χ2v) is 9.32. The van der Waals surface area contributed by atoms with E-state index in [0.717, 1.165) is 11.4 Å². The van der Waals surface area contributed by atoms with Crippen molar-refractivity contribution in [2.75, 3.05) is 0 Å². The molecule has 5 aromatic rings. The minimum atomic E-state index is -0.368. The van der Waals surface area contributed by atoms with Crippen LogP contribution in [0.1, 0.15) is 34.7 Å². The van der Waals surface area contributed by atoms with Crippen LogP contribution in [0.5, 0.6) is 0 Å². The molecule has 32 heavy (non-hydrogen) atoms. The van der Waals surface area contributed by atoms with E-state index in [1.165, 1.54) is 60.8 Å². The Morgan fingerprint density at radius 2 is 1.28 bits per heavy atom. The van der Waals surface area contributed by atoms with E-state index < -0.39 is 0 Å². The van der Waals surface area contributed by atoms with Crippen LogP contribution in [0.4, 0.5) is 0 Å². The summed E-state index contributed by atoms with van der Waals surface area (Å²) in [5.74, 6) is 0. The van der Waals surface area contributed by atoms with Gasteiger partial charge in [-0.2, -0.15) is 0 Å². The zero-order chi connectivity index (χ0) is 21.4. The number of rotatable bonds is 1. The number of hydrogen-bond donors (Lipinski definition) is 0. The van der Waals surface area contributed by atoms with Crippen molar-refractivity contribution >= 4 is 22.4 Å².